The van der Waals surface area contributed by atoms with Crippen LogP contribution in [-0.4, -0.2) is 26.5 Å². The van der Waals surface area contributed by atoms with Gasteiger partial charge in [0.05, 0.1) is 23.1 Å². The van der Waals surface area contributed by atoms with Crippen LogP contribution < -0.4 is 11.4 Å². The monoisotopic (exact) mass is 360 g/mol. The number of nitrogens with two attached hydrogens (primary N) is 1. The van der Waals surface area contributed by atoms with Crippen molar-refractivity contribution in [3.63, 3.8) is 0 Å². The van der Waals surface area contributed by atoms with Crippen LogP contribution in [0, 0.1) is 5.41 Å². The molecule has 0 saturated carbocycles. The van der Waals surface area contributed by atoms with E-state index in [2.05, 4.69) is 4.98 Å². The second-order valence-electron chi connectivity index (χ2n) is 6.36. The Hall–Kier alpha value is -3.87. The Morgan fingerprint density at radius 2 is 1.78 bits per heavy atom. The molecule has 134 valence electrons. The molecule has 1 aromatic heterocycles. The maximum atomic E-state index is 12.3. The molecule has 3 aromatic carbocycles. The minimum Gasteiger partial charge on any atom is -0.478 e. The van der Waals surface area contributed by atoms with E-state index in [0.717, 1.165) is 16.3 Å². The number of rotatable bonds is 4. The SMILES string of the molecule is N=C(N)c1ccc2ccc(Cn3c(=O)[nH]c4cc(C(=O)O)ccc43)cc2c1. The van der Waals surface area contributed by atoms with Crippen molar-refractivity contribution < 1.29 is 9.90 Å². The highest BCUT2D eigenvalue weighted by Gasteiger charge is 2.11. The van der Waals surface area contributed by atoms with Gasteiger partial charge >= 0.3 is 11.7 Å². The lowest BCUT2D eigenvalue weighted by Crippen LogP contribution is -2.17. The van der Waals surface area contributed by atoms with E-state index in [1.165, 1.54) is 12.1 Å². The highest BCUT2D eigenvalue weighted by molar-refractivity contribution is 5.99. The van der Waals surface area contributed by atoms with Gasteiger partial charge in [0.15, 0.2) is 0 Å². The molecule has 7 heteroatoms. The molecule has 4 aromatic rings. The summed E-state index contributed by atoms with van der Waals surface area (Å²) in [5, 5.41) is 18.6. The molecule has 0 amide bonds. The number of hydrogen-bond donors (Lipinski definition) is 4. The van der Waals surface area contributed by atoms with Gasteiger partial charge in [-0.1, -0.05) is 24.3 Å². The van der Waals surface area contributed by atoms with Crippen LogP contribution in [0.15, 0.2) is 59.4 Å². The van der Waals surface area contributed by atoms with Crippen molar-refractivity contribution in [1.29, 1.82) is 5.41 Å². The zero-order valence-electron chi connectivity index (χ0n) is 14.2. The van der Waals surface area contributed by atoms with Crippen molar-refractivity contribution >= 4 is 33.6 Å². The number of nitrogen functional groups attached to an aromatic ring is 1. The molecular weight excluding hydrogens is 344 g/mol. The number of imidazole rings is 1. The van der Waals surface area contributed by atoms with Gasteiger partial charge < -0.3 is 15.8 Å². The number of carboxylic acid groups (broad SMARTS) is 1. The first-order chi connectivity index (χ1) is 12.9. The standard InChI is InChI=1S/C20H16N4O3/c21-18(22)13-4-3-12-2-1-11(7-15(12)8-13)10-24-17-6-5-14(19(25)26)9-16(17)23-20(24)27/h1-9H,10H2,(H3,21,22)(H,23,27)(H,25,26). The van der Waals surface area contributed by atoms with Gasteiger partial charge in [-0.05, 0) is 46.7 Å². The van der Waals surface area contributed by atoms with Gasteiger partial charge in [-0.25, -0.2) is 9.59 Å². The Bertz CT molecular complexity index is 1280. The summed E-state index contributed by atoms with van der Waals surface area (Å²) < 4.78 is 1.57. The van der Waals surface area contributed by atoms with Gasteiger partial charge in [0.2, 0.25) is 0 Å². The number of hydrogen-bond acceptors (Lipinski definition) is 3. The molecule has 0 radical (unpaired) electrons. The number of aromatic nitrogens is 2. The van der Waals surface area contributed by atoms with E-state index >= 15 is 0 Å². The van der Waals surface area contributed by atoms with Gasteiger partial charge in [-0.2, -0.15) is 0 Å². The van der Waals surface area contributed by atoms with Gasteiger partial charge in [0.25, 0.3) is 0 Å². The number of nitrogens with one attached hydrogen (secondary N) is 2. The van der Waals surface area contributed by atoms with Gasteiger partial charge in [-0.3, -0.25) is 9.98 Å². The van der Waals surface area contributed by atoms with E-state index in [4.69, 9.17) is 16.2 Å². The second-order valence-corrected chi connectivity index (χ2v) is 6.36. The summed E-state index contributed by atoms with van der Waals surface area (Å²) in [4.78, 5) is 26.2. The summed E-state index contributed by atoms with van der Waals surface area (Å²) in [5.74, 6) is -1.04. The molecule has 0 fully saturated rings. The number of carbonyl (C=O) groups is 1. The largest absolute Gasteiger partial charge is 0.478 e. The molecule has 0 saturated heterocycles. The van der Waals surface area contributed by atoms with Gasteiger partial charge in [0.1, 0.15) is 5.84 Å². The molecule has 0 unspecified atom stereocenters. The lowest BCUT2D eigenvalue weighted by molar-refractivity contribution is 0.0697. The van der Waals surface area contributed by atoms with E-state index in [-0.39, 0.29) is 17.1 Å². The lowest BCUT2D eigenvalue weighted by Gasteiger charge is -2.07. The van der Waals surface area contributed by atoms with Gasteiger partial charge in [0, 0.05) is 5.56 Å². The van der Waals surface area contributed by atoms with E-state index < -0.39 is 5.97 Å². The van der Waals surface area contributed by atoms with E-state index in [0.29, 0.717) is 23.1 Å². The molecule has 0 atom stereocenters. The Morgan fingerprint density at radius 3 is 2.52 bits per heavy atom. The number of aromatic amines is 1. The van der Waals surface area contributed by atoms with Crippen molar-refractivity contribution in [3.8, 4) is 0 Å². The fourth-order valence-electron chi connectivity index (χ4n) is 3.20. The molecule has 4 rings (SSSR count). The maximum absolute atomic E-state index is 12.3. The molecular formula is C20H16N4O3. The number of nitrogens with zero attached hydrogens (tertiary/aromatic N) is 1. The Balaban J connectivity index is 1.77. The lowest BCUT2D eigenvalue weighted by atomic mass is 10.0. The van der Waals surface area contributed by atoms with Crippen molar-refractivity contribution in [2.45, 2.75) is 6.54 Å². The second kappa shape index (κ2) is 6.14. The zero-order chi connectivity index (χ0) is 19.1. The fourth-order valence-corrected chi connectivity index (χ4v) is 3.20. The van der Waals surface area contributed by atoms with Crippen molar-refractivity contribution in [1.82, 2.24) is 9.55 Å². The minimum absolute atomic E-state index is 0.00406. The van der Waals surface area contributed by atoms with Crippen LogP contribution in [-0.2, 0) is 6.54 Å². The first-order valence-corrected chi connectivity index (χ1v) is 8.25. The number of fused-ring (bicyclic) bond motifs is 2. The molecule has 5 N–H and O–H groups in total. The first-order valence-electron chi connectivity index (χ1n) is 8.25. The Kier molecular flexibility index (Phi) is 3.77. The number of amidine groups is 1. The summed E-state index contributed by atoms with van der Waals surface area (Å²) in [5.41, 5.74) is 8.06. The molecule has 0 bridgehead atoms. The van der Waals surface area contributed by atoms with E-state index in [1.54, 1.807) is 16.7 Å². The molecule has 0 aliphatic carbocycles. The molecule has 0 aliphatic rings. The van der Waals surface area contributed by atoms with Crippen LogP contribution in [0.4, 0.5) is 0 Å². The quantitative estimate of drug-likeness (QED) is 0.329. The maximum Gasteiger partial charge on any atom is 0.335 e. The van der Waals surface area contributed by atoms with Crippen LogP contribution >= 0.6 is 0 Å². The van der Waals surface area contributed by atoms with Crippen LogP contribution in [0.3, 0.4) is 0 Å². The average molecular weight is 360 g/mol. The van der Waals surface area contributed by atoms with Crippen molar-refractivity contribution in [3.05, 3.63) is 81.8 Å². The normalized spacial score (nSPS) is 11.1. The van der Waals surface area contributed by atoms with E-state index in [9.17, 15) is 9.59 Å². The number of H-pyrrole nitrogens is 1. The Morgan fingerprint density at radius 1 is 1.04 bits per heavy atom. The summed E-state index contributed by atoms with van der Waals surface area (Å²) in [6.07, 6.45) is 0. The predicted octanol–water partition coefficient (Wildman–Crippen LogP) is 2.51. The first kappa shape index (κ1) is 16.6. The number of benzene rings is 3. The van der Waals surface area contributed by atoms with Crippen LogP contribution in [0.5, 0.6) is 0 Å². The third-order valence-corrected chi connectivity index (χ3v) is 4.58. The predicted molar refractivity (Wildman–Crippen MR) is 104 cm³/mol. The summed E-state index contributed by atoms with van der Waals surface area (Å²) in [6.45, 7) is 0.339. The topological polar surface area (TPSA) is 125 Å². The molecule has 1 heterocycles. The molecule has 0 spiro atoms. The number of carboxylic acids is 1. The van der Waals surface area contributed by atoms with E-state index in [1.807, 2.05) is 30.3 Å². The molecule has 7 nitrogen and oxygen atoms in total. The van der Waals surface area contributed by atoms with Gasteiger partial charge in [-0.15, -0.1) is 0 Å². The highest BCUT2D eigenvalue weighted by Crippen LogP contribution is 2.20. The minimum atomic E-state index is -1.04. The summed E-state index contributed by atoms with van der Waals surface area (Å²) in [6, 6.07) is 16.0. The third-order valence-electron chi connectivity index (χ3n) is 4.58. The Labute approximate surface area is 153 Å². The average Bonchev–Trinajstić information content (AvgIpc) is 2.95. The highest BCUT2D eigenvalue weighted by atomic mass is 16.4. The van der Waals surface area contributed by atoms with Crippen LogP contribution in [0.1, 0.15) is 21.5 Å². The number of aromatic carboxylic acids is 1. The third kappa shape index (κ3) is 2.95. The molecule has 27 heavy (non-hydrogen) atoms. The van der Waals surface area contributed by atoms with Crippen molar-refractivity contribution in [2.75, 3.05) is 0 Å². The van der Waals surface area contributed by atoms with Crippen LogP contribution in [0.25, 0.3) is 21.8 Å². The zero-order valence-corrected chi connectivity index (χ0v) is 14.2. The fraction of sp³-hybridized carbons (Fsp3) is 0.0500. The van der Waals surface area contributed by atoms with Crippen LogP contribution in [0.2, 0.25) is 0 Å². The smallest absolute Gasteiger partial charge is 0.335 e. The van der Waals surface area contributed by atoms with Crippen molar-refractivity contribution in [2.24, 2.45) is 5.73 Å². The summed E-state index contributed by atoms with van der Waals surface area (Å²) in [7, 11) is 0. The summed E-state index contributed by atoms with van der Waals surface area (Å²) >= 11 is 0. The molecule has 0 aliphatic heterocycles.